The lowest BCUT2D eigenvalue weighted by molar-refractivity contribution is -0.274. The lowest BCUT2D eigenvalue weighted by Gasteiger charge is -2.13. The van der Waals surface area contributed by atoms with E-state index in [0.717, 1.165) is 22.8 Å². The third-order valence-electron chi connectivity index (χ3n) is 3.61. The van der Waals surface area contributed by atoms with Gasteiger partial charge in [0.05, 0.1) is 11.9 Å². The zero-order valence-electron chi connectivity index (χ0n) is 13.4. The molecule has 0 aliphatic rings. The van der Waals surface area contributed by atoms with Gasteiger partial charge in [0.1, 0.15) is 5.75 Å². The number of hydrogen-bond acceptors (Lipinski definition) is 3. The van der Waals surface area contributed by atoms with Crippen LogP contribution in [0.5, 0.6) is 5.75 Å². The molecule has 0 saturated heterocycles. The topological polar surface area (TPSA) is 49.1 Å². The van der Waals surface area contributed by atoms with E-state index in [1.807, 2.05) is 0 Å². The molecule has 0 unspecified atom stereocenters. The molecule has 0 aliphatic carbocycles. The molecule has 0 spiro atoms. The number of nitrogens with zero attached hydrogens (tertiary/aromatic N) is 3. The average Bonchev–Trinajstić information content (AvgIpc) is 2.92. The summed E-state index contributed by atoms with van der Waals surface area (Å²) in [7, 11) is 1.77. The maximum absolute atomic E-state index is 12.4. The van der Waals surface area contributed by atoms with Crippen LogP contribution in [0.3, 0.4) is 0 Å². The van der Waals surface area contributed by atoms with Gasteiger partial charge in [-0.3, -0.25) is 14.0 Å². The molecule has 25 heavy (non-hydrogen) atoms. The van der Waals surface area contributed by atoms with E-state index in [1.165, 1.54) is 28.8 Å². The van der Waals surface area contributed by atoms with Gasteiger partial charge >= 0.3 is 6.36 Å². The predicted molar refractivity (Wildman–Crippen MR) is 85.7 cm³/mol. The van der Waals surface area contributed by atoms with Crippen molar-refractivity contribution < 1.29 is 17.9 Å². The molecule has 3 aromatic rings. The Bertz CT molecular complexity index is 974. The molecule has 8 heteroatoms. The minimum Gasteiger partial charge on any atom is -0.406 e. The van der Waals surface area contributed by atoms with Crippen LogP contribution in [0, 0.1) is 6.92 Å². The second kappa shape index (κ2) is 6.12. The molecule has 0 N–H and O–H groups in total. The van der Waals surface area contributed by atoms with Crippen molar-refractivity contribution in [2.75, 3.05) is 0 Å². The first-order valence-electron chi connectivity index (χ1n) is 7.31. The molecule has 1 aromatic carbocycles. The van der Waals surface area contributed by atoms with Crippen LogP contribution in [-0.2, 0) is 7.05 Å². The van der Waals surface area contributed by atoms with Crippen LogP contribution in [-0.4, -0.2) is 20.7 Å². The minimum atomic E-state index is -4.79. The smallest absolute Gasteiger partial charge is 0.406 e. The molecule has 0 aliphatic heterocycles. The van der Waals surface area contributed by atoms with Gasteiger partial charge in [-0.25, -0.2) is 0 Å². The number of aromatic nitrogens is 3. The van der Waals surface area contributed by atoms with Gasteiger partial charge in [-0.05, 0) is 24.6 Å². The monoisotopic (exact) mass is 349 g/mol. The molecule has 0 radical (unpaired) electrons. The van der Waals surface area contributed by atoms with Crippen molar-refractivity contribution in [1.29, 1.82) is 0 Å². The standard InChI is InChI=1S/C17H14F3N3O2/c1-11-6-16(24)23(10-15(11)12-8-21-22(2)9-12)13-4-3-5-14(7-13)25-17(18,19)20/h3-10H,1-2H3. The number of rotatable bonds is 3. The summed E-state index contributed by atoms with van der Waals surface area (Å²) in [6, 6.07) is 6.70. The van der Waals surface area contributed by atoms with Crippen molar-refractivity contribution in [3.05, 3.63) is 64.8 Å². The van der Waals surface area contributed by atoms with Crippen molar-refractivity contribution in [2.45, 2.75) is 13.3 Å². The van der Waals surface area contributed by atoms with Crippen LogP contribution in [0.25, 0.3) is 16.8 Å². The maximum Gasteiger partial charge on any atom is 0.573 e. The van der Waals surface area contributed by atoms with Crippen LogP contribution in [0.2, 0.25) is 0 Å². The van der Waals surface area contributed by atoms with E-state index >= 15 is 0 Å². The molecule has 2 aromatic heterocycles. The fraction of sp³-hybridized carbons (Fsp3) is 0.176. The van der Waals surface area contributed by atoms with E-state index in [0.29, 0.717) is 0 Å². The Labute approximate surface area is 140 Å². The SMILES string of the molecule is Cc1cc(=O)n(-c2cccc(OC(F)(F)F)c2)cc1-c1cnn(C)c1. The van der Waals surface area contributed by atoms with Crippen molar-refractivity contribution in [3.8, 4) is 22.6 Å². The van der Waals surface area contributed by atoms with Gasteiger partial charge in [0, 0.05) is 42.7 Å². The van der Waals surface area contributed by atoms with E-state index in [1.54, 1.807) is 37.2 Å². The molecule has 0 atom stereocenters. The summed E-state index contributed by atoms with van der Waals surface area (Å²) >= 11 is 0. The van der Waals surface area contributed by atoms with Crippen molar-refractivity contribution >= 4 is 0 Å². The quantitative estimate of drug-likeness (QED) is 0.728. The van der Waals surface area contributed by atoms with Crippen molar-refractivity contribution in [3.63, 3.8) is 0 Å². The van der Waals surface area contributed by atoms with E-state index in [9.17, 15) is 18.0 Å². The summed E-state index contributed by atoms with van der Waals surface area (Å²) in [5.41, 5.74) is 2.23. The highest BCUT2D eigenvalue weighted by atomic mass is 19.4. The zero-order valence-corrected chi connectivity index (χ0v) is 13.4. The largest absolute Gasteiger partial charge is 0.573 e. The third kappa shape index (κ3) is 3.73. The number of alkyl halides is 3. The molecule has 3 rings (SSSR count). The Hall–Kier alpha value is -3.03. The van der Waals surface area contributed by atoms with Crippen molar-refractivity contribution in [1.82, 2.24) is 14.3 Å². The lowest BCUT2D eigenvalue weighted by atomic mass is 10.1. The Morgan fingerprint density at radius 1 is 1.16 bits per heavy atom. The van der Waals surface area contributed by atoms with E-state index < -0.39 is 6.36 Å². The zero-order chi connectivity index (χ0) is 18.2. The van der Waals surface area contributed by atoms with Crippen LogP contribution in [0.4, 0.5) is 13.2 Å². The van der Waals surface area contributed by atoms with Crippen LogP contribution in [0.15, 0.2) is 53.7 Å². The summed E-state index contributed by atoms with van der Waals surface area (Å²) in [6.07, 6.45) is 0.236. The number of hydrogen-bond donors (Lipinski definition) is 0. The molecule has 0 amide bonds. The highest BCUT2D eigenvalue weighted by Crippen LogP contribution is 2.26. The molecular formula is C17H14F3N3O2. The van der Waals surface area contributed by atoms with E-state index in [-0.39, 0.29) is 17.0 Å². The second-order valence-corrected chi connectivity index (χ2v) is 5.53. The number of benzene rings is 1. The highest BCUT2D eigenvalue weighted by Gasteiger charge is 2.31. The van der Waals surface area contributed by atoms with Gasteiger partial charge in [0.2, 0.25) is 0 Å². The molecule has 0 saturated carbocycles. The van der Waals surface area contributed by atoms with Crippen LogP contribution in [0.1, 0.15) is 5.56 Å². The normalized spacial score (nSPS) is 11.6. The Morgan fingerprint density at radius 3 is 2.56 bits per heavy atom. The number of pyridine rings is 1. The molecule has 5 nitrogen and oxygen atoms in total. The van der Waals surface area contributed by atoms with Gasteiger partial charge in [-0.2, -0.15) is 5.10 Å². The fourth-order valence-corrected chi connectivity index (χ4v) is 2.52. The minimum absolute atomic E-state index is 0.275. The van der Waals surface area contributed by atoms with Gasteiger partial charge in [0.15, 0.2) is 0 Å². The molecule has 0 fully saturated rings. The van der Waals surface area contributed by atoms with Gasteiger partial charge in [-0.1, -0.05) is 6.07 Å². The summed E-state index contributed by atoms with van der Waals surface area (Å²) < 4.78 is 44.0. The maximum atomic E-state index is 12.4. The molecule has 0 bridgehead atoms. The Kier molecular flexibility index (Phi) is 4.12. The van der Waals surface area contributed by atoms with E-state index in [4.69, 9.17) is 0 Å². The Balaban J connectivity index is 2.09. The number of halogens is 3. The average molecular weight is 349 g/mol. The summed E-state index contributed by atoms with van der Waals surface area (Å²) in [5.74, 6) is -0.389. The van der Waals surface area contributed by atoms with Gasteiger partial charge < -0.3 is 4.74 Å². The highest BCUT2D eigenvalue weighted by molar-refractivity contribution is 5.65. The van der Waals surface area contributed by atoms with Crippen molar-refractivity contribution in [2.24, 2.45) is 7.05 Å². The number of ether oxygens (including phenoxy) is 1. The summed E-state index contributed by atoms with van der Waals surface area (Å²) in [4.78, 5) is 12.3. The number of aryl methyl sites for hydroxylation is 2. The summed E-state index contributed by atoms with van der Waals surface area (Å²) in [6.45, 7) is 1.79. The van der Waals surface area contributed by atoms with E-state index in [2.05, 4.69) is 9.84 Å². The van der Waals surface area contributed by atoms with Gasteiger partial charge in [0.25, 0.3) is 5.56 Å². The molecule has 2 heterocycles. The summed E-state index contributed by atoms with van der Waals surface area (Å²) in [5, 5.41) is 4.10. The lowest BCUT2D eigenvalue weighted by Crippen LogP contribution is -2.19. The molecular weight excluding hydrogens is 335 g/mol. The van der Waals surface area contributed by atoms with Crippen LogP contribution < -0.4 is 10.3 Å². The first kappa shape index (κ1) is 16.8. The molecule has 130 valence electrons. The predicted octanol–water partition coefficient (Wildman–Crippen LogP) is 3.45. The fourth-order valence-electron chi connectivity index (χ4n) is 2.52. The first-order valence-corrected chi connectivity index (χ1v) is 7.31. The third-order valence-corrected chi connectivity index (χ3v) is 3.61. The Morgan fingerprint density at radius 2 is 1.92 bits per heavy atom. The first-order chi connectivity index (χ1) is 11.7. The van der Waals surface area contributed by atoms with Gasteiger partial charge in [-0.15, -0.1) is 13.2 Å². The second-order valence-electron chi connectivity index (χ2n) is 5.53. The van der Waals surface area contributed by atoms with Crippen LogP contribution >= 0.6 is 0 Å².